The number of aliphatic hydroxyl groups excluding tert-OH is 2. The largest absolute Gasteiger partial charge is 0.478 e. The van der Waals surface area contributed by atoms with Crippen LogP contribution in [-0.4, -0.2) is 38.3 Å². The summed E-state index contributed by atoms with van der Waals surface area (Å²) in [5.41, 5.74) is 5.36. The third kappa shape index (κ3) is 3.95. The molecule has 6 nitrogen and oxygen atoms in total. The number of carbonyl (C=O) groups is 2. The van der Waals surface area contributed by atoms with Crippen molar-refractivity contribution in [3.8, 4) is 0 Å². The molecule has 1 aromatic rings. The molecule has 0 radical (unpaired) electrons. The van der Waals surface area contributed by atoms with Crippen molar-refractivity contribution in [1.82, 2.24) is 0 Å². The fraction of sp³-hybridized carbons (Fsp3) is 0.333. The Morgan fingerprint density at radius 3 is 2.53 bits per heavy atom. The number of hydrogen-bond donors (Lipinski definition) is 4. The van der Waals surface area contributed by atoms with Crippen LogP contribution >= 0.6 is 11.8 Å². The minimum Gasteiger partial charge on any atom is -0.478 e. The number of nitrogen functional groups attached to an aromatic ring is 1. The zero-order valence-corrected chi connectivity index (χ0v) is 11.1. The van der Waals surface area contributed by atoms with Crippen LogP contribution in [0.2, 0.25) is 0 Å². The van der Waals surface area contributed by atoms with E-state index < -0.39 is 18.2 Å². The average Bonchev–Trinajstić information content (AvgIpc) is 2.34. The molecule has 104 valence electrons. The zero-order valence-electron chi connectivity index (χ0n) is 10.2. The molecule has 0 spiro atoms. The maximum atomic E-state index is 11.1. The summed E-state index contributed by atoms with van der Waals surface area (Å²) in [6.45, 7) is 1.34. The average molecular weight is 285 g/mol. The smallest absolute Gasteiger partial charge is 0.338 e. The van der Waals surface area contributed by atoms with Crippen molar-refractivity contribution < 1.29 is 24.9 Å². The van der Waals surface area contributed by atoms with Gasteiger partial charge in [0.2, 0.25) is 0 Å². The fourth-order valence-electron chi connectivity index (χ4n) is 1.58. The second-order valence-electron chi connectivity index (χ2n) is 3.93. The predicted molar refractivity (Wildman–Crippen MR) is 71.9 cm³/mol. The number of carbonyl (C=O) groups excluding carboxylic acids is 1. The molecule has 2 unspecified atom stereocenters. The minimum absolute atomic E-state index is 0.00970. The molecular formula is C12H15NO5S. The number of anilines is 1. The summed E-state index contributed by atoms with van der Waals surface area (Å²) in [7, 11) is 0. The highest BCUT2D eigenvalue weighted by Gasteiger charge is 2.25. The molecule has 0 fully saturated rings. The Morgan fingerprint density at radius 1 is 1.37 bits per heavy atom. The van der Waals surface area contributed by atoms with Crippen LogP contribution < -0.4 is 5.73 Å². The lowest BCUT2D eigenvalue weighted by Gasteiger charge is -2.19. The lowest BCUT2D eigenvalue weighted by molar-refractivity contribution is -0.109. The Kier molecular flexibility index (Phi) is 5.34. The molecule has 0 aliphatic carbocycles. The summed E-state index contributed by atoms with van der Waals surface area (Å²) in [6, 6.07) is 4.27. The van der Waals surface area contributed by atoms with Gasteiger partial charge in [0.25, 0.3) is 0 Å². The highest BCUT2D eigenvalue weighted by molar-refractivity contribution is 8.13. The van der Waals surface area contributed by atoms with Crippen molar-refractivity contribution in [2.75, 3.05) is 11.5 Å². The van der Waals surface area contributed by atoms with Crippen LogP contribution in [0.4, 0.5) is 5.69 Å². The second kappa shape index (κ2) is 6.55. The number of hydrogen-bond acceptors (Lipinski definition) is 6. The Morgan fingerprint density at radius 2 is 2.00 bits per heavy atom. The first-order chi connectivity index (χ1) is 8.84. The maximum absolute atomic E-state index is 11.1. The second-order valence-corrected chi connectivity index (χ2v) is 5.13. The van der Waals surface area contributed by atoms with E-state index in [4.69, 9.17) is 10.8 Å². The van der Waals surface area contributed by atoms with Crippen LogP contribution in [0, 0.1) is 0 Å². The molecule has 2 atom stereocenters. The van der Waals surface area contributed by atoms with Crippen LogP contribution in [0.5, 0.6) is 0 Å². The summed E-state index contributed by atoms with van der Waals surface area (Å²) in [5.74, 6) is -1.30. The van der Waals surface area contributed by atoms with E-state index in [1.165, 1.54) is 25.1 Å². The van der Waals surface area contributed by atoms with E-state index >= 15 is 0 Å². The standard InChI is InChI=1S/C12H15NO5S/c1-6(14)19-5-9(15)11(16)7-3-2-4-8(13)10(7)12(17)18/h2-4,9,11,15-16H,5,13H2,1H3,(H,17,18). The van der Waals surface area contributed by atoms with Gasteiger partial charge in [-0.1, -0.05) is 23.9 Å². The summed E-state index contributed by atoms with van der Waals surface area (Å²) in [4.78, 5) is 21.9. The van der Waals surface area contributed by atoms with Crippen molar-refractivity contribution in [2.45, 2.75) is 19.1 Å². The highest BCUT2D eigenvalue weighted by Crippen LogP contribution is 2.27. The van der Waals surface area contributed by atoms with E-state index in [2.05, 4.69) is 0 Å². The Bertz CT molecular complexity index is 491. The lowest BCUT2D eigenvalue weighted by atomic mass is 9.98. The maximum Gasteiger partial charge on any atom is 0.338 e. The molecule has 5 N–H and O–H groups in total. The van der Waals surface area contributed by atoms with Gasteiger partial charge in [0.15, 0.2) is 5.12 Å². The van der Waals surface area contributed by atoms with Crippen LogP contribution in [0.15, 0.2) is 18.2 Å². The van der Waals surface area contributed by atoms with Crippen molar-refractivity contribution in [3.05, 3.63) is 29.3 Å². The number of rotatable bonds is 5. The molecule has 1 aromatic carbocycles. The molecule has 0 bridgehead atoms. The van der Waals surface area contributed by atoms with Gasteiger partial charge in [-0.05, 0) is 11.6 Å². The third-order valence-electron chi connectivity index (χ3n) is 2.48. The van der Waals surface area contributed by atoms with Crippen molar-refractivity contribution in [1.29, 1.82) is 0 Å². The Balaban J connectivity index is 2.99. The molecule has 19 heavy (non-hydrogen) atoms. The van der Waals surface area contributed by atoms with Gasteiger partial charge in [0, 0.05) is 18.4 Å². The number of nitrogens with two attached hydrogens (primary N) is 1. The first-order valence-corrected chi connectivity index (χ1v) is 6.44. The van der Waals surface area contributed by atoms with Gasteiger partial charge in [0.1, 0.15) is 6.10 Å². The molecule has 0 aliphatic heterocycles. The predicted octanol–water partition coefficient (Wildman–Crippen LogP) is 0.641. The van der Waals surface area contributed by atoms with E-state index in [-0.39, 0.29) is 27.7 Å². The molecule has 0 heterocycles. The van der Waals surface area contributed by atoms with Gasteiger partial charge in [0.05, 0.1) is 11.7 Å². The number of carboxylic acids is 1. The summed E-state index contributed by atoms with van der Waals surface area (Å²) in [6.07, 6.45) is -2.67. The SMILES string of the molecule is CC(=O)SCC(O)C(O)c1cccc(N)c1C(=O)O. The number of aliphatic hydroxyl groups is 2. The molecule has 0 saturated heterocycles. The van der Waals surface area contributed by atoms with Gasteiger partial charge in [-0.3, -0.25) is 4.79 Å². The van der Waals surface area contributed by atoms with Crippen LogP contribution in [0.1, 0.15) is 28.9 Å². The molecular weight excluding hydrogens is 270 g/mol. The third-order valence-corrected chi connectivity index (χ3v) is 3.40. The molecule has 0 aromatic heterocycles. The number of aromatic carboxylic acids is 1. The van der Waals surface area contributed by atoms with E-state index in [0.717, 1.165) is 11.8 Å². The molecule has 0 aliphatic rings. The number of thioether (sulfide) groups is 1. The van der Waals surface area contributed by atoms with Crippen LogP contribution in [-0.2, 0) is 4.79 Å². The lowest BCUT2D eigenvalue weighted by Crippen LogP contribution is -2.23. The van der Waals surface area contributed by atoms with Crippen molar-refractivity contribution in [2.24, 2.45) is 0 Å². The van der Waals surface area contributed by atoms with E-state index in [0.29, 0.717) is 0 Å². The van der Waals surface area contributed by atoms with Gasteiger partial charge in [-0.2, -0.15) is 0 Å². The first kappa shape index (κ1) is 15.5. The van der Waals surface area contributed by atoms with Gasteiger partial charge >= 0.3 is 5.97 Å². The summed E-state index contributed by atoms with van der Waals surface area (Å²) < 4.78 is 0. The van der Waals surface area contributed by atoms with Crippen LogP contribution in [0.3, 0.4) is 0 Å². The highest BCUT2D eigenvalue weighted by atomic mass is 32.2. The summed E-state index contributed by atoms with van der Waals surface area (Å²) in [5, 5.41) is 28.6. The van der Waals surface area contributed by atoms with Crippen molar-refractivity contribution >= 4 is 28.5 Å². The summed E-state index contributed by atoms with van der Waals surface area (Å²) >= 11 is 0.853. The Labute approximate surface area is 114 Å². The molecule has 0 saturated carbocycles. The topological polar surface area (TPSA) is 121 Å². The van der Waals surface area contributed by atoms with E-state index in [1.807, 2.05) is 0 Å². The van der Waals surface area contributed by atoms with Crippen LogP contribution in [0.25, 0.3) is 0 Å². The fourth-order valence-corrected chi connectivity index (χ4v) is 2.17. The first-order valence-electron chi connectivity index (χ1n) is 5.45. The van der Waals surface area contributed by atoms with Gasteiger partial charge in [-0.25, -0.2) is 4.79 Å². The quantitative estimate of drug-likeness (QED) is 0.586. The number of benzene rings is 1. The number of carboxylic acid groups (broad SMARTS) is 1. The monoisotopic (exact) mass is 285 g/mol. The normalized spacial score (nSPS) is 13.8. The van der Waals surface area contributed by atoms with E-state index in [9.17, 15) is 19.8 Å². The van der Waals surface area contributed by atoms with E-state index in [1.54, 1.807) is 0 Å². The van der Waals surface area contributed by atoms with Gasteiger partial charge in [-0.15, -0.1) is 0 Å². The molecule has 7 heteroatoms. The Hall–Kier alpha value is -1.57. The molecule has 1 rings (SSSR count). The molecule has 0 amide bonds. The zero-order chi connectivity index (χ0) is 14.6. The van der Waals surface area contributed by atoms with Gasteiger partial charge < -0.3 is 21.1 Å². The van der Waals surface area contributed by atoms with Crippen molar-refractivity contribution in [3.63, 3.8) is 0 Å². The minimum atomic E-state index is -1.42.